The first-order valence-corrected chi connectivity index (χ1v) is 8.69. The maximum Gasteiger partial charge on any atom is 0.214 e. The number of hydrogen-bond acceptors (Lipinski definition) is 4. The molecule has 0 bridgehead atoms. The second-order valence-corrected chi connectivity index (χ2v) is 7.87. The number of ether oxygens (including phenoxy) is 1. The van der Waals surface area contributed by atoms with Gasteiger partial charge in [-0.25, -0.2) is 13.1 Å². The third-order valence-electron chi connectivity index (χ3n) is 3.41. The molecule has 1 N–H and O–H groups in total. The lowest BCUT2D eigenvalue weighted by Gasteiger charge is -2.36. The van der Waals surface area contributed by atoms with E-state index in [1.807, 2.05) is 6.92 Å². The molecule has 3 atom stereocenters. The number of piperidine rings is 1. The molecular formula is C13H28N2O3S. The van der Waals surface area contributed by atoms with Gasteiger partial charge in [-0.05, 0) is 25.2 Å². The Balaban J connectivity index is 2.40. The summed E-state index contributed by atoms with van der Waals surface area (Å²) in [7, 11) is -1.71. The van der Waals surface area contributed by atoms with Gasteiger partial charge in [-0.3, -0.25) is 0 Å². The third kappa shape index (κ3) is 6.70. The van der Waals surface area contributed by atoms with Crippen molar-refractivity contribution in [1.29, 1.82) is 0 Å². The molecule has 1 aliphatic heterocycles. The molecule has 0 aliphatic carbocycles. The number of likely N-dealkylation sites (tertiary alicyclic amines) is 1. The van der Waals surface area contributed by atoms with Gasteiger partial charge in [0.25, 0.3) is 0 Å². The van der Waals surface area contributed by atoms with Crippen LogP contribution in [0.25, 0.3) is 0 Å². The summed E-state index contributed by atoms with van der Waals surface area (Å²) in [4.78, 5) is 2.36. The van der Waals surface area contributed by atoms with Crippen LogP contribution in [-0.2, 0) is 14.8 Å². The van der Waals surface area contributed by atoms with Crippen LogP contribution in [0, 0.1) is 11.8 Å². The van der Waals surface area contributed by atoms with Gasteiger partial charge in [0.2, 0.25) is 10.0 Å². The molecule has 0 spiro atoms. The Hall–Kier alpha value is -0.170. The summed E-state index contributed by atoms with van der Waals surface area (Å²) in [5, 5.41) is 0. The van der Waals surface area contributed by atoms with Gasteiger partial charge < -0.3 is 9.64 Å². The molecule has 0 unspecified atom stereocenters. The van der Waals surface area contributed by atoms with Crippen LogP contribution in [0.1, 0.15) is 27.2 Å². The van der Waals surface area contributed by atoms with E-state index in [1.54, 1.807) is 0 Å². The fourth-order valence-electron chi connectivity index (χ4n) is 2.92. The van der Waals surface area contributed by atoms with E-state index < -0.39 is 10.0 Å². The van der Waals surface area contributed by atoms with Gasteiger partial charge in [-0.1, -0.05) is 13.8 Å². The van der Waals surface area contributed by atoms with E-state index in [9.17, 15) is 8.42 Å². The van der Waals surface area contributed by atoms with Crippen LogP contribution in [0.5, 0.6) is 0 Å². The van der Waals surface area contributed by atoms with E-state index in [-0.39, 0.29) is 18.4 Å². The molecule has 0 amide bonds. The molecule has 19 heavy (non-hydrogen) atoms. The minimum atomic E-state index is -3.22. The van der Waals surface area contributed by atoms with E-state index in [0.29, 0.717) is 11.8 Å². The van der Waals surface area contributed by atoms with Crippen molar-refractivity contribution in [2.24, 2.45) is 11.8 Å². The number of sulfonamides is 1. The monoisotopic (exact) mass is 292 g/mol. The van der Waals surface area contributed by atoms with E-state index in [2.05, 4.69) is 23.5 Å². The van der Waals surface area contributed by atoms with Crippen molar-refractivity contribution in [3.63, 3.8) is 0 Å². The number of nitrogens with zero attached hydrogens (tertiary/aromatic N) is 1. The summed E-state index contributed by atoms with van der Waals surface area (Å²) in [5.41, 5.74) is 0. The van der Waals surface area contributed by atoms with Crippen molar-refractivity contribution in [2.45, 2.75) is 33.2 Å². The first kappa shape index (κ1) is 16.9. The highest BCUT2D eigenvalue weighted by molar-refractivity contribution is 7.89. The molecular weight excluding hydrogens is 264 g/mol. The van der Waals surface area contributed by atoms with Crippen molar-refractivity contribution in [2.75, 3.05) is 39.1 Å². The van der Waals surface area contributed by atoms with Crippen LogP contribution in [0.15, 0.2) is 0 Å². The van der Waals surface area contributed by atoms with E-state index in [4.69, 9.17) is 4.74 Å². The van der Waals surface area contributed by atoms with Gasteiger partial charge in [0.1, 0.15) is 0 Å². The van der Waals surface area contributed by atoms with Crippen LogP contribution in [0.4, 0.5) is 0 Å². The predicted octanol–water partition coefficient (Wildman–Crippen LogP) is 0.919. The third-order valence-corrected chi connectivity index (χ3v) is 4.88. The molecule has 0 aromatic carbocycles. The molecule has 5 nitrogen and oxygen atoms in total. The van der Waals surface area contributed by atoms with Crippen LogP contribution in [0.3, 0.4) is 0 Å². The van der Waals surface area contributed by atoms with E-state index in [0.717, 1.165) is 19.6 Å². The van der Waals surface area contributed by atoms with Crippen LogP contribution >= 0.6 is 0 Å². The Morgan fingerprint density at radius 1 is 1.32 bits per heavy atom. The summed E-state index contributed by atoms with van der Waals surface area (Å²) < 4.78 is 31.0. The van der Waals surface area contributed by atoms with Crippen molar-refractivity contribution >= 4 is 10.0 Å². The zero-order valence-electron chi connectivity index (χ0n) is 12.6. The van der Waals surface area contributed by atoms with Gasteiger partial charge in [0.05, 0.1) is 12.4 Å². The van der Waals surface area contributed by atoms with Gasteiger partial charge in [-0.2, -0.15) is 0 Å². The Morgan fingerprint density at radius 2 is 1.89 bits per heavy atom. The van der Waals surface area contributed by atoms with Crippen molar-refractivity contribution < 1.29 is 13.2 Å². The standard InChI is InChI=1S/C13H28N2O3S/c1-11-7-12(2)9-15(8-11)10-13(3)14-19(16,17)6-5-18-4/h11-14H,5-10H2,1-4H3/t11-,12-,13-/m1/s1. The maximum atomic E-state index is 11.8. The summed E-state index contributed by atoms with van der Waals surface area (Å²) in [6.07, 6.45) is 1.27. The lowest BCUT2D eigenvalue weighted by atomic mass is 9.92. The minimum absolute atomic E-state index is 0.0284. The fraction of sp³-hybridized carbons (Fsp3) is 1.00. The normalized spacial score (nSPS) is 27.4. The minimum Gasteiger partial charge on any atom is -0.384 e. The lowest BCUT2D eigenvalue weighted by Crippen LogP contribution is -2.47. The molecule has 1 heterocycles. The topological polar surface area (TPSA) is 58.6 Å². The highest BCUT2D eigenvalue weighted by Crippen LogP contribution is 2.20. The highest BCUT2D eigenvalue weighted by atomic mass is 32.2. The average Bonchev–Trinajstić information content (AvgIpc) is 2.23. The Labute approximate surface area is 117 Å². The molecule has 0 aromatic rings. The number of hydrogen-bond donors (Lipinski definition) is 1. The van der Waals surface area contributed by atoms with Crippen LogP contribution < -0.4 is 4.72 Å². The van der Waals surface area contributed by atoms with E-state index >= 15 is 0 Å². The van der Waals surface area contributed by atoms with Crippen molar-refractivity contribution in [1.82, 2.24) is 9.62 Å². The predicted molar refractivity (Wildman–Crippen MR) is 77.6 cm³/mol. The smallest absolute Gasteiger partial charge is 0.214 e. The van der Waals surface area contributed by atoms with Gasteiger partial charge in [-0.15, -0.1) is 0 Å². The molecule has 6 heteroatoms. The first-order valence-electron chi connectivity index (χ1n) is 7.03. The quantitative estimate of drug-likeness (QED) is 0.758. The number of rotatable bonds is 7. The molecule has 114 valence electrons. The van der Waals surface area contributed by atoms with Crippen LogP contribution in [-0.4, -0.2) is 58.5 Å². The largest absolute Gasteiger partial charge is 0.384 e. The highest BCUT2D eigenvalue weighted by Gasteiger charge is 2.24. The molecule has 1 fully saturated rings. The van der Waals surface area contributed by atoms with Gasteiger partial charge in [0, 0.05) is 32.8 Å². The van der Waals surface area contributed by atoms with Crippen molar-refractivity contribution in [3.8, 4) is 0 Å². The van der Waals surface area contributed by atoms with Crippen LogP contribution in [0.2, 0.25) is 0 Å². The first-order chi connectivity index (χ1) is 8.82. The number of methoxy groups -OCH3 is 1. The molecule has 0 radical (unpaired) electrons. The Kier molecular flexibility index (Phi) is 6.73. The summed E-state index contributed by atoms with van der Waals surface area (Å²) in [5.74, 6) is 1.42. The van der Waals surface area contributed by atoms with Crippen molar-refractivity contribution in [3.05, 3.63) is 0 Å². The zero-order valence-corrected chi connectivity index (χ0v) is 13.4. The number of nitrogens with one attached hydrogen (secondary N) is 1. The fourth-order valence-corrected chi connectivity index (χ4v) is 4.12. The van der Waals surface area contributed by atoms with Gasteiger partial charge in [0.15, 0.2) is 0 Å². The zero-order chi connectivity index (χ0) is 14.5. The average molecular weight is 292 g/mol. The summed E-state index contributed by atoms with van der Waals surface area (Å²) >= 11 is 0. The SMILES string of the molecule is COCCS(=O)(=O)N[C@H](C)CN1C[C@H](C)C[C@@H](C)C1. The Bertz CT molecular complexity index is 349. The molecule has 1 saturated heterocycles. The summed E-state index contributed by atoms with van der Waals surface area (Å²) in [6.45, 7) is 9.59. The maximum absolute atomic E-state index is 11.8. The Morgan fingerprint density at radius 3 is 2.42 bits per heavy atom. The molecule has 0 saturated carbocycles. The van der Waals surface area contributed by atoms with Gasteiger partial charge >= 0.3 is 0 Å². The second kappa shape index (κ2) is 7.57. The summed E-state index contributed by atoms with van der Waals surface area (Å²) in [6, 6.07) is -0.0562. The molecule has 1 rings (SSSR count). The molecule has 1 aliphatic rings. The van der Waals surface area contributed by atoms with E-state index in [1.165, 1.54) is 13.5 Å². The lowest BCUT2D eigenvalue weighted by molar-refractivity contribution is 0.134. The second-order valence-electron chi connectivity index (χ2n) is 6.00. The molecule has 0 aromatic heterocycles.